The van der Waals surface area contributed by atoms with Gasteiger partial charge in [-0.05, 0) is 50.3 Å². The molecule has 1 aromatic carbocycles. The average Bonchev–Trinajstić information content (AvgIpc) is 3.08. The van der Waals surface area contributed by atoms with E-state index in [-0.39, 0.29) is 5.69 Å². The second-order valence-corrected chi connectivity index (χ2v) is 7.69. The zero-order valence-electron chi connectivity index (χ0n) is 17.8. The van der Waals surface area contributed by atoms with Gasteiger partial charge in [0.15, 0.2) is 5.96 Å². The number of aryl methyl sites for hydroxylation is 2. The molecule has 0 saturated heterocycles. The maximum Gasteiger partial charge on any atom is 0.345 e. The quantitative estimate of drug-likeness (QED) is 0.359. The van der Waals surface area contributed by atoms with Gasteiger partial charge in [-0.2, -0.15) is 5.10 Å². The molecule has 0 spiro atoms. The van der Waals surface area contributed by atoms with Gasteiger partial charge in [-0.25, -0.2) is 9.48 Å². The van der Waals surface area contributed by atoms with Gasteiger partial charge in [-0.15, -0.1) is 0 Å². The minimum atomic E-state index is 0.00933. The largest absolute Gasteiger partial charge is 0.497 e. The molecule has 1 aromatic heterocycles. The minimum Gasteiger partial charge on any atom is -0.497 e. The predicted octanol–water partition coefficient (Wildman–Crippen LogP) is 2.23. The van der Waals surface area contributed by atoms with Gasteiger partial charge >= 0.3 is 5.69 Å². The fraction of sp³-hybridized carbons (Fsp3) is 0.571. The summed E-state index contributed by atoms with van der Waals surface area (Å²) in [7, 11) is 1.63. The fourth-order valence-corrected chi connectivity index (χ4v) is 3.79. The standard InChI is InChI=1S/C21H31ClN6O2/c1-3-23-20(25-12-10-16-8-9-17(30-2)15-18(16)22)24-11-6-14-28-21(29)27-13-5-4-7-19(27)26-28/h8-9,15H,3-7,10-14H2,1-2H3,(H2,23,24,25). The number of guanidine groups is 1. The Labute approximate surface area is 182 Å². The van der Waals surface area contributed by atoms with Crippen LogP contribution >= 0.6 is 11.6 Å². The van der Waals surface area contributed by atoms with E-state index in [9.17, 15) is 4.79 Å². The molecular formula is C21H31ClN6O2. The summed E-state index contributed by atoms with van der Waals surface area (Å²) in [5, 5.41) is 11.8. The van der Waals surface area contributed by atoms with E-state index in [2.05, 4.69) is 20.7 Å². The van der Waals surface area contributed by atoms with Crippen molar-refractivity contribution >= 4 is 17.6 Å². The molecule has 0 amide bonds. The number of fused-ring (bicyclic) bond motifs is 1. The first-order valence-electron chi connectivity index (χ1n) is 10.6. The van der Waals surface area contributed by atoms with Crippen LogP contribution in [0.3, 0.4) is 0 Å². The molecule has 8 nitrogen and oxygen atoms in total. The second-order valence-electron chi connectivity index (χ2n) is 7.28. The first kappa shape index (κ1) is 22.2. The maximum atomic E-state index is 12.4. The zero-order chi connectivity index (χ0) is 21.3. The van der Waals surface area contributed by atoms with Crippen molar-refractivity contribution in [2.45, 2.75) is 52.1 Å². The number of aliphatic imine (C=N–C) groups is 1. The summed E-state index contributed by atoms with van der Waals surface area (Å²) < 4.78 is 8.58. The number of benzene rings is 1. The van der Waals surface area contributed by atoms with E-state index in [1.165, 1.54) is 0 Å². The molecule has 0 fully saturated rings. The van der Waals surface area contributed by atoms with Crippen molar-refractivity contribution in [2.75, 3.05) is 26.7 Å². The van der Waals surface area contributed by atoms with E-state index in [0.717, 1.165) is 68.3 Å². The first-order valence-corrected chi connectivity index (χ1v) is 11.0. The molecule has 0 saturated carbocycles. The highest BCUT2D eigenvalue weighted by Gasteiger charge is 2.16. The molecule has 0 unspecified atom stereocenters. The van der Waals surface area contributed by atoms with Crippen molar-refractivity contribution in [1.82, 2.24) is 25.0 Å². The van der Waals surface area contributed by atoms with Gasteiger partial charge in [-0.3, -0.25) is 9.56 Å². The number of methoxy groups -OCH3 is 1. The molecule has 2 N–H and O–H groups in total. The Balaban J connectivity index is 1.47. The van der Waals surface area contributed by atoms with E-state index >= 15 is 0 Å². The molecule has 0 atom stereocenters. The van der Waals surface area contributed by atoms with Crippen LogP contribution in [-0.2, 0) is 25.9 Å². The third-order valence-corrected chi connectivity index (χ3v) is 5.47. The molecule has 30 heavy (non-hydrogen) atoms. The summed E-state index contributed by atoms with van der Waals surface area (Å²) in [5.74, 6) is 2.44. The van der Waals surface area contributed by atoms with Gasteiger partial charge in [0.2, 0.25) is 0 Å². The Morgan fingerprint density at radius 2 is 2.20 bits per heavy atom. The summed E-state index contributed by atoms with van der Waals surface area (Å²) in [6.07, 6.45) is 4.61. The summed E-state index contributed by atoms with van der Waals surface area (Å²) >= 11 is 6.31. The van der Waals surface area contributed by atoms with Crippen molar-refractivity contribution in [1.29, 1.82) is 0 Å². The Morgan fingerprint density at radius 3 is 2.93 bits per heavy atom. The summed E-state index contributed by atoms with van der Waals surface area (Å²) in [6, 6.07) is 5.72. The third kappa shape index (κ3) is 5.78. The van der Waals surface area contributed by atoms with E-state index in [1.54, 1.807) is 11.8 Å². The molecule has 0 bridgehead atoms. The monoisotopic (exact) mass is 434 g/mol. The lowest BCUT2D eigenvalue weighted by atomic mass is 10.1. The molecule has 0 radical (unpaired) electrons. The van der Waals surface area contributed by atoms with E-state index in [4.69, 9.17) is 16.3 Å². The van der Waals surface area contributed by atoms with Gasteiger partial charge in [0.1, 0.15) is 11.6 Å². The van der Waals surface area contributed by atoms with E-state index in [0.29, 0.717) is 24.7 Å². The number of ether oxygens (including phenoxy) is 1. The van der Waals surface area contributed by atoms with Crippen LogP contribution in [0.2, 0.25) is 5.02 Å². The topological polar surface area (TPSA) is 85.5 Å². The first-order chi connectivity index (χ1) is 14.6. The van der Waals surface area contributed by atoms with Crippen LogP contribution in [-0.4, -0.2) is 47.1 Å². The lowest BCUT2D eigenvalue weighted by molar-refractivity contribution is 0.414. The molecule has 1 aliphatic rings. The summed E-state index contributed by atoms with van der Waals surface area (Å²) in [6.45, 7) is 5.52. The van der Waals surface area contributed by atoms with Crippen LogP contribution < -0.4 is 21.1 Å². The van der Waals surface area contributed by atoms with Crippen molar-refractivity contribution < 1.29 is 4.74 Å². The number of hydrogen-bond acceptors (Lipinski definition) is 4. The summed E-state index contributed by atoms with van der Waals surface area (Å²) in [5.41, 5.74) is 1.07. The molecule has 2 aromatic rings. The van der Waals surface area contributed by atoms with Crippen LogP contribution in [0, 0.1) is 0 Å². The highest BCUT2D eigenvalue weighted by Crippen LogP contribution is 2.22. The van der Waals surface area contributed by atoms with Gasteiger partial charge in [0, 0.05) is 44.2 Å². The minimum absolute atomic E-state index is 0.00933. The zero-order valence-corrected chi connectivity index (χ0v) is 18.5. The number of hydrogen-bond donors (Lipinski definition) is 2. The van der Waals surface area contributed by atoms with Crippen LogP contribution in [0.15, 0.2) is 28.0 Å². The van der Waals surface area contributed by atoms with Crippen LogP contribution in [0.1, 0.15) is 37.6 Å². The third-order valence-electron chi connectivity index (χ3n) is 5.12. The lowest BCUT2D eigenvalue weighted by Gasteiger charge is -2.12. The van der Waals surface area contributed by atoms with Crippen molar-refractivity contribution in [3.05, 3.63) is 45.1 Å². The van der Waals surface area contributed by atoms with Crippen molar-refractivity contribution in [3.8, 4) is 5.75 Å². The fourth-order valence-electron chi connectivity index (χ4n) is 3.52. The molecular weight excluding hydrogens is 404 g/mol. The van der Waals surface area contributed by atoms with Gasteiger partial charge in [0.05, 0.1) is 7.11 Å². The predicted molar refractivity (Wildman–Crippen MR) is 120 cm³/mol. The van der Waals surface area contributed by atoms with E-state index in [1.807, 2.05) is 29.7 Å². The normalized spacial score (nSPS) is 13.8. The van der Waals surface area contributed by atoms with Crippen LogP contribution in [0.4, 0.5) is 0 Å². The Hall–Kier alpha value is -2.48. The number of halogens is 1. The average molecular weight is 435 g/mol. The van der Waals surface area contributed by atoms with Crippen LogP contribution in [0.25, 0.3) is 0 Å². The Bertz CT molecular complexity index is 921. The highest BCUT2D eigenvalue weighted by molar-refractivity contribution is 6.31. The van der Waals surface area contributed by atoms with E-state index < -0.39 is 0 Å². The Kier molecular flexibility index (Phi) is 8.19. The molecule has 3 rings (SSSR count). The molecule has 9 heteroatoms. The van der Waals surface area contributed by atoms with Gasteiger partial charge in [0.25, 0.3) is 0 Å². The molecule has 2 heterocycles. The number of rotatable bonds is 9. The van der Waals surface area contributed by atoms with Gasteiger partial charge in [-0.1, -0.05) is 17.7 Å². The SMILES string of the molecule is CCNC(=NCCCn1nc2n(c1=O)CCCC2)NCCc1ccc(OC)cc1Cl. The highest BCUT2D eigenvalue weighted by atomic mass is 35.5. The Morgan fingerprint density at radius 1 is 1.33 bits per heavy atom. The van der Waals surface area contributed by atoms with Crippen LogP contribution in [0.5, 0.6) is 5.75 Å². The maximum absolute atomic E-state index is 12.4. The number of aromatic nitrogens is 3. The lowest BCUT2D eigenvalue weighted by Crippen LogP contribution is -2.38. The molecule has 164 valence electrons. The molecule has 0 aliphatic carbocycles. The van der Waals surface area contributed by atoms with Crippen molar-refractivity contribution in [3.63, 3.8) is 0 Å². The second kappa shape index (κ2) is 11.1. The van der Waals surface area contributed by atoms with Gasteiger partial charge < -0.3 is 15.4 Å². The van der Waals surface area contributed by atoms with Crippen molar-refractivity contribution in [2.24, 2.45) is 4.99 Å². The number of nitrogens with one attached hydrogen (secondary N) is 2. The number of nitrogens with zero attached hydrogens (tertiary/aromatic N) is 4. The summed E-state index contributed by atoms with van der Waals surface area (Å²) in [4.78, 5) is 17.0. The molecule has 1 aliphatic heterocycles. The smallest absolute Gasteiger partial charge is 0.345 e.